The molecule has 0 heterocycles. The highest BCUT2D eigenvalue weighted by atomic mass is 79.9. The maximum Gasteiger partial charge on any atom is 0.269 e. The van der Waals surface area contributed by atoms with Crippen molar-refractivity contribution in [2.75, 3.05) is 0 Å². The zero-order valence-corrected chi connectivity index (χ0v) is 7.40. The minimum atomic E-state index is -0.431. The fraction of sp³-hybridized carbons (Fsp3) is 0. The van der Waals surface area contributed by atoms with Crippen molar-refractivity contribution in [1.29, 1.82) is 0 Å². The summed E-state index contributed by atoms with van der Waals surface area (Å²) < 4.78 is 0. The van der Waals surface area contributed by atoms with Gasteiger partial charge < -0.3 is 0 Å². The van der Waals surface area contributed by atoms with Gasteiger partial charge in [0.15, 0.2) is 0 Å². The van der Waals surface area contributed by atoms with Crippen molar-refractivity contribution in [3.05, 3.63) is 46.9 Å². The van der Waals surface area contributed by atoms with Gasteiger partial charge in [0.05, 0.1) is 4.92 Å². The molecular formula is C7H7BrNO2. The quantitative estimate of drug-likeness (QED) is 0.535. The van der Waals surface area contributed by atoms with Gasteiger partial charge in [-0.2, -0.15) is 0 Å². The van der Waals surface area contributed by atoms with Gasteiger partial charge in [-0.25, -0.2) is 0 Å². The Balaban J connectivity index is 0.000001000. The summed E-state index contributed by atoms with van der Waals surface area (Å²) in [7, 11) is 0. The van der Waals surface area contributed by atoms with Crippen LogP contribution in [0.4, 0.5) is 5.69 Å². The van der Waals surface area contributed by atoms with Crippen molar-refractivity contribution in [1.82, 2.24) is 0 Å². The number of hydrogen-bond acceptors (Lipinski definition) is 2. The number of non-ortho nitro benzene ring substituents is 1. The number of halogens is 1. The van der Waals surface area contributed by atoms with Crippen LogP contribution in [0.1, 0.15) is 5.56 Å². The zero-order chi connectivity index (χ0) is 7.56. The van der Waals surface area contributed by atoms with Gasteiger partial charge in [0, 0.05) is 12.1 Å². The van der Waals surface area contributed by atoms with Crippen LogP contribution in [-0.2, 0) is 0 Å². The molecule has 0 saturated carbocycles. The van der Waals surface area contributed by atoms with Crippen LogP contribution in [0.5, 0.6) is 0 Å². The monoisotopic (exact) mass is 216 g/mol. The Kier molecular flexibility index (Phi) is 3.74. The van der Waals surface area contributed by atoms with E-state index in [0.29, 0.717) is 0 Å². The van der Waals surface area contributed by atoms with Gasteiger partial charge in [-0.1, -0.05) is 12.1 Å². The number of nitrogens with zero attached hydrogens (tertiary/aromatic N) is 1. The number of hydrogen-bond donors (Lipinski definition) is 0. The summed E-state index contributed by atoms with van der Waals surface area (Å²) >= 11 is 0. The lowest BCUT2D eigenvalue weighted by Gasteiger charge is -1.89. The van der Waals surface area contributed by atoms with Gasteiger partial charge >= 0.3 is 0 Å². The van der Waals surface area contributed by atoms with E-state index >= 15 is 0 Å². The Hall–Kier alpha value is -0.900. The normalized spacial score (nSPS) is 8.45. The van der Waals surface area contributed by atoms with E-state index in [1.807, 2.05) is 0 Å². The summed E-state index contributed by atoms with van der Waals surface area (Å²) in [4.78, 5) is 9.67. The lowest BCUT2D eigenvalue weighted by atomic mass is 10.2. The van der Waals surface area contributed by atoms with E-state index < -0.39 is 4.92 Å². The molecule has 0 atom stereocenters. The van der Waals surface area contributed by atoms with E-state index in [0.717, 1.165) is 5.56 Å². The molecule has 0 bridgehead atoms. The predicted octanol–water partition coefficient (Wildman–Crippen LogP) is 2.35. The van der Waals surface area contributed by atoms with E-state index in [4.69, 9.17) is 0 Å². The van der Waals surface area contributed by atoms with Crippen molar-refractivity contribution in [3.8, 4) is 0 Å². The van der Waals surface area contributed by atoms with Crippen molar-refractivity contribution >= 4 is 22.7 Å². The molecule has 11 heavy (non-hydrogen) atoms. The van der Waals surface area contributed by atoms with Crippen LogP contribution in [0.2, 0.25) is 0 Å². The lowest BCUT2D eigenvalue weighted by molar-refractivity contribution is -0.384. The van der Waals surface area contributed by atoms with E-state index in [2.05, 4.69) is 6.92 Å². The van der Waals surface area contributed by atoms with Crippen LogP contribution in [0, 0.1) is 17.0 Å². The van der Waals surface area contributed by atoms with Crippen LogP contribution in [0.3, 0.4) is 0 Å². The molecule has 4 heteroatoms. The second-order valence-electron chi connectivity index (χ2n) is 1.92. The first-order valence-corrected chi connectivity index (χ1v) is 2.76. The second kappa shape index (κ2) is 4.08. The summed E-state index contributed by atoms with van der Waals surface area (Å²) in [5.74, 6) is 0. The topological polar surface area (TPSA) is 43.1 Å². The summed E-state index contributed by atoms with van der Waals surface area (Å²) in [5, 5.41) is 10.1. The molecule has 0 aliphatic rings. The van der Waals surface area contributed by atoms with Gasteiger partial charge in [0.25, 0.3) is 5.69 Å². The number of nitro groups is 1. The average Bonchev–Trinajstić information content (AvgIpc) is 1.88. The van der Waals surface area contributed by atoms with E-state index in [1.54, 1.807) is 12.1 Å². The lowest BCUT2D eigenvalue weighted by Crippen LogP contribution is -1.86. The van der Waals surface area contributed by atoms with Gasteiger partial charge in [-0.15, -0.1) is 17.0 Å². The van der Waals surface area contributed by atoms with Gasteiger partial charge in [-0.05, 0) is 12.5 Å². The molecule has 0 N–H and O–H groups in total. The SMILES string of the molecule is Br.[CH2]c1ccc([N+](=O)[O-])cc1. The molecule has 0 saturated heterocycles. The Labute approximate surface area is 75.0 Å². The fourth-order valence-electron chi connectivity index (χ4n) is 0.618. The molecule has 0 aromatic heterocycles. The van der Waals surface area contributed by atoms with Crippen LogP contribution in [-0.4, -0.2) is 4.92 Å². The third-order valence-corrected chi connectivity index (χ3v) is 1.15. The Morgan fingerprint density at radius 1 is 1.27 bits per heavy atom. The molecule has 3 nitrogen and oxygen atoms in total. The second-order valence-corrected chi connectivity index (χ2v) is 1.92. The fourth-order valence-corrected chi connectivity index (χ4v) is 0.618. The average molecular weight is 217 g/mol. The number of rotatable bonds is 1. The molecule has 59 valence electrons. The van der Waals surface area contributed by atoms with E-state index in [-0.39, 0.29) is 22.7 Å². The molecule has 0 fully saturated rings. The van der Waals surface area contributed by atoms with Crippen LogP contribution < -0.4 is 0 Å². The van der Waals surface area contributed by atoms with Crippen molar-refractivity contribution in [2.45, 2.75) is 0 Å². The van der Waals surface area contributed by atoms with E-state index in [9.17, 15) is 10.1 Å². The minimum absolute atomic E-state index is 0. The first-order valence-electron chi connectivity index (χ1n) is 2.76. The summed E-state index contributed by atoms with van der Waals surface area (Å²) in [6.45, 7) is 3.60. The Bertz CT molecular complexity index is 245. The van der Waals surface area contributed by atoms with E-state index in [1.165, 1.54) is 12.1 Å². The highest BCUT2D eigenvalue weighted by Gasteiger charge is 2.00. The smallest absolute Gasteiger partial charge is 0.258 e. The number of nitro benzene ring substituents is 1. The molecule has 1 aromatic carbocycles. The first kappa shape index (κ1) is 10.1. The van der Waals surface area contributed by atoms with Crippen LogP contribution in [0.15, 0.2) is 24.3 Å². The molecule has 1 aromatic rings. The van der Waals surface area contributed by atoms with Gasteiger partial charge in [0.2, 0.25) is 0 Å². The maximum atomic E-state index is 10.1. The molecule has 0 spiro atoms. The summed E-state index contributed by atoms with van der Waals surface area (Å²) in [6.07, 6.45) is 0. The third-order valence-electron chi connectivity index (χ3n) is 1.15. The Morgan fingerprint density at radius 2 is 1.73 bits per heavy atom. The molecule has 1 radical (unpaired) electrons. The molecule has 0 amide bonds. The molecule has 1 rings (SSSR count). The largest absolute Gasteiger partial charge is 0.269 e. The van der Waals surface area contributed by atoms with Crippen molar-refractivity contribution in [2.24, 2.45) is 0 Å². The molecular weight excluding hydrogens is 210 g/mol. The maximum absolute atomic E-state index is 10.1. The first-order chi connectivity index (χ1) is 4.70. The van der Waals surface area contributed by atoms with Crippen molar-refractivity contribution in [3.63, 3.8) is 0 Å². The summed E-state index contributed by atoms with van der Waals surface area (Å²) in [5.41, 5.74) is 0.887. The highest BCUT2D eigenvalue weighted by Crippen LogP contribution is 2.10. The predicted molar refractivity (Wildman–Crippen MR) is 47.9 cm³/mol. The van der Waals surface area contributed by atoms with Gasteiger partial charge in [-0.3, -0.25) is 10.1 Å². The van der Waals surface area contributed by atoms with Crippen LogP contribution >= 0.6 is 17.0 Å². The Morgan fingerprint density at radius 3 is 2.09 bits per heavy atom. The standard InChI is InChI=1S/C7H6NO2.BrH/c1-6-2-4-7(5-3-6)8(9)10;/h2-5H,1H2;1H. The minimum Gasteiger partial charge on any atom is -0.258 e. The van der Waals surface area contributed by atoms with Crippen LogP contribution in [0.25, 0.3) is 0 Å². The molecule has 0 aliphatic heterocycles. The molecule has 0 unspecified atom stereocenters. The third kappa shape index (κ3) is 2.67. The highest BCUT2D eigenvalue weighted by molar-refractivity contribution is 8.93. The van der Waals surface area contributed by atoms with Crippen molar-refractivity contribution < 1.29 is 4.92 Å². The van der Waals surface area contributed by atoms with Gasteiger partial charge in [0.1, 0.15) is 0 Å². The number of benzene rings is 1. The summed E-state index contributed by atoms with van der Waals surface area (Å²) in [6, 6.07) is 6.08. The molecule has 0 aliphatic carbocycles. The zero-order valence-electron chi connectivity index (χ0n) is 5.69.